The molecule has 96 valence electrons. The molecule has 0 amide bonds. The van der Waals surface area contributed by atoms with Crippen LogP contribution in [0.2, 0.25) is 0 Å². The molecule has 0 fully saturated rings. The molecule has 0 atom stereocenters. The highest BCUT2D eigenvalue weighted by Crippen LogP contribution is 2.19. The summed E-state index contributed by atoms with van der Waals surface area (Å²) in [7, 11) is 0. The van der Waals surface area contributed by atoms with Crippen molar-refractivity contribution in [1.29, 1.82) is 0 Å². The van der Waals surface area contributed by atoms with Gasteiger partial charge in [-0.05, 0) is 69.4 Å². The minimum atomic E-state index is 0.0955. The lowest BCUT2D eigenvalue weighted by atomic mass is 10.1. The van der Waals surface area contributed by atoms with E-state index >= 15 is 0 Å². The molecule has 2 aromatic carbocycles. The van der Waals surface area contributed by atoms with E-state index in [4.69, 9.17) is 5.11 Å². The van der Waals surface area contributed by atoms with Gasteiger partial charge < -0.3 is 9.67 Å². The van der Waals surface area contributed by atoms with Crippen LogP contribution >= 0.6 is 22.6 Å². The molecule has 0 unspecified atom stereocenters. The first kappa shape index (κ1) is 12.7. The maximum atomic E-state index is 9.16. The Labute approximate surface area is 125 Å². The van der Waals surface area contributed by atoms with E-state index in [1.807, 2.05) is 12.1 Å². The van der Waals surface area contributed by atoms with Gasteiger partial charge in [0.15, 0.2) is 0 Å². The summed E-state index contributed by atoms with van der Waals surface area (Å²) >= 11 is 2.32. The fourth-order valence-corrected chi connectivity index (χ4v) is 2.63. The van der Waals surface area contributed by atoms with Crippen molar-refractivity contribution < 1.29 is 5.11 Å². The predicted molar refractivity (Wildman–Crippen MR) is 86.1 cm³/mol. The average molecular weight is 363 g/mol. The minimum Gasteiger partial charge on any atom is -0.392 e. The lowest BCUT2D eigenvalue weighted by molar-refractivity contribution is 0.282. The number of nitrogens with zero attached hydrogens (tertiary/aromatic N) is 1. The monoisotopic (exact) mass is 363 g/mol. The van der Waals surface area contributed by atoms with Crippen molar-refractivity contribution in [3.05, 3.63) is 69.4 Å². The molecule has 0 saturated heterocycles. The third kappa shape index (κ3) is 2.67. The number of fused-ring (bicyclic) bond motifs is 1. The summed E-state index contributed by atoms with van der Waals surface area (Å²) < 4.78 is 3.49. The standard InChI is InChI=1S/C16H14INO/c17-15-4-1-12(2-5-15)10-18-8-7-14-9-13(11-19)3-6-16(14)18/h1-9,19H,10-11H2. The first-order valence-corrected chi connectivity index (χ1v) is 7.27. The van der Waals surface area contributed by atoms with Gasteiger partial charge in [0.05, 0.1) is 6.61 Å². The maximum absolute atomic E-state index is 9.16. The van der Waals surface area contributed by atoms with Gasteiger partial charge in [-0.3, -0.25) is 0 Å². The Bertz CT molecular complexity index is 700. The Morgan fingerprint density at radius 1 is 0.947 bits per heavy atom. The largest absolute Gasteiger partial charge is 0.392 e. The van der Waals surface area contributed by atoms with E-state index in [0.717, 1.165) is 12.1 Å². The van der Waals surface area contributed by atoms with Crippen LogP contribution < -0.4 is 0 Å². The molecule has 0 aliphatic rings. The molecular formula is C16H14INO. The summed E-state index contributed by atoms with van der Waals surface area (Å²) in [6, 6.07) is 16.8. The Morgan fingerprint density at radius 2 is 1.68 bits per heavy atom. The van der Waals surface area contributed by atoms with Crippen LogP contribution in [0, 0.1) is 3.57 Å². The van der Waals surface area contributed by atoms with E-state index in [0.29, 0.717) is 0 Å². The van der Waals surface area contributed by atoms with Crippen LogP contribution in [0.4, 0.5) is 0 Å². The molecule has 1 heterocycles. The van der Waals surface area contributed by atoms with Crippen molar-refractivity contribution in [3.8, 4) is 0 Å². The smallest absolute Gasteiger partial charge is 0.0682 e. The Balaban J connectivity index is 1.95. The highest BCUT2D eigenvalue weighted by Gasteiger charge is 2.03. The summed E-state index contributed by atoms with van der Waals surface area (Å²) in [5, 5.41) is 10.3. The topological polar surface area (TPSA) is 25.2 Å². The van der Waals surface area contributed by atoms with E-state index in [1.54, 1.807) is 0 Å². The zero-order chi connectivity index (χ0) is 13.2. The predicted octanol–water partition coefficient (Wildman–Crippen LogP) is 3.79. The molecule has 1 N–H and O–H groups in total. The van der Waals surface area contributed by atoms with Gasteiger partial charge in [-0.2, -0.15) is 0 Å². The molecule has 2 nitrogen and oxygen atoms in total. The molecule has 0 aliphatic carbocycles. The SMILES string of the molecule is OCc1ccc2c(ccn2Cc2ccc(I)cc2)c1. The Morgan fingerprint density at radius 3 is 2.42 bits per heavy atom. The van der Waals surface area contributed by atoms with Crippen LogP contribution in [-0.2, 0) is 13.2 Å². The van der Waals surface area contributed by atoms with Crippen LogP contribution in [0.25, 0.3) is 10.9 Å². The number of halogens is 1. The van der Waals surface area contributed by atoms with Gasteiger partial charge in [0, 0.05) is 21.8 Å². The number of aromatic nitrogens is 1. The fourth-order valence-electron chi connectivity index (χ4n) is 2.27. The normalized spacial score (nSPS) is 11.1. The van der Waals surface area contributed by atoms with E-state index in [-0.39, 0.29) is 6.61 Å². The summed E-state index contributed by atoms with van der Waals surface area (Å²) in [5.74, 6) is 0. The Hall–Kier alpha value is -1.33. The molecular weight excluding hydrogens is 349 g/mol. The number of rotatable bonds is 3. The number of aliphatic hydroxyl groups is 1. The molecule has 3 aromatic rings. The lowest BCUT2D eigenvalue weighted by Crippen LogP contribution is -1.97. The molecule has 3 rings (SSSR count). The molecule has 19 heavy (non-hydrogen) atoms. The molecule has 1 aromatic heterocycles. The van der Waals surface area contributed by atoms with Gasteiger partial charge in [-0.15, -0.1) is 0 Å². The van der Waals surface area contributed by atoms with Crippen molar-refractivity contribution in [1.82, 2.24) is 4.57 Å². The molecule has 0 spiro atoms. The number of hydrogen-bond donors (Lipinski definition) is 1. The van der Waals surface area contributed by atoms with Gasteiger partial charge in [-0.25, -0.2) is 0 Å². The van der Waals surface area contributed by atoms with Gasteiger partial charge in [-0.1, -0.05) is 18.2 Å². The summed E-state index contributed by atoms with van der Waals surface area (Å²) in [6.07, 6.45) is 2.10. The van der Waals surface area contributed by atoms with E-state index < -0.39 is 0 Å². The molecule has 0 aliphatic heterocycles. The second kappa shape index (κ2) is 5.35. The zero-order valence-electron chi connectivity index (χ0n) is 10.4. The van der Waals surface area contributed by atoms with Gasteiger partial charge in [0.2, 0.25) is 0 Å². The van der Waals surface area contributed by atoms with Crippen molar-refractivity contribution >= 4 is 33.5 Å². The van der Waals surface area contributed by atoms with Crippen LogP contribution in [0.3, 0.4) is 0 Å². The first-order valence-electron chi connectivity index (χ1n) is 6.19. The van der Waals surface area contributed by atoms with Crippen molar-refractivity contribution in [2.45, 2.75) is 13.2 Å². The van der Waals surface area contributed by atoms with Crippen molar-refractivity contribution in [3.63, 3.8) is 0 Å². The van der Waals surface area contributed by atoms with Gasteiger partial charge >= 0.3 is 0 Å². The average Bonchev–Trinajstić information content (AvgIpc) is 2.83. The minimum absolute atomic E-state index is 0.0955. The fraction of sp³-hybridized carbons (Fsp3) is 0.125. The molecule has 3 heteroatoms. The van der Waals surface area contributed by atoms with Crippen molar-refractivity contribution in [2.75, 3.05) is 0 Å². The summed E-state index contributed by atoms with van der Waals surface area (Å²) in [6.45, 7) is 0.969. The quantitative estimate of drug-likeness (QED) is 0.704. The zero-order valence-corrected chi connectivity index (χ0v) is 12.5. The second-order valence-electron chi connectivity index (χ2n) is 4.62. The van der Waals surface area contributed by atoms with Crippen LogP contribution in [-0.4, -0.2) is 9.67 Å². The van der Waals surface area contributed by atoms with Crippen LogP contribution in [0.5, 0.6) is 0 Å². The highest BCUT2D eigenvalue weighted by atomic mass is 127. The lowest BCUT2D eigenvalue weighted by Gasteiger charge is -2.06. The second-order valence-corrected chi connectivity index (χ2v) is 5.87. The highest BCUT2D eigenvalue weighted by molar-refractivity contribution is 14.1. The molecule has 0 saturated carbocycles. The Kier molecular flexibility index (Phi) is 3.57. The number of benzene rings is 2. The van der Waals surface area contributed by atoms with Crippen molar-refractivity contribution in [2.24, 2.45) is 0 Å². The third-order valence-corrected chi connectivity index (χ3v) is 4.00. The van der Waals surface area contributed by atoms with E-state index in [2.05, 4.69) is 69.8 Å². The maximum Gasteiger partial charge on any atom is 0.0682 e. The molecule has 0 bridgehead atoms. The summed E-state index contributed by atoms with van der Waals surface area (Å²) in [5.41, 5.74) is 3.46. The van der Waals surface area contributed by atoms with Crippen LogP contribution in [0.1, 0.15) is 11.1 Å². The van der Waals surface area contributed by atoms with E-state index in [1.165, 1.54) is 20.0 Å². The van der Waals surface area contributed by atoms with Gasteiger partial charge in [0.1, 0.15) is 0 Å². The number of aliphatic hydroxyl groups excluding tert-OH is 1. The van der Waals surface area contributed by atoms with Crippen LogP contribution in [0.15, 0.2) is 54.7 Å². The summed E-state index contributed by atoms with van der Waals surface area (Å²) in [4.78, 5) is 0. The molecule has 0 radical (unpaired) electrons. The van der Waals surface area contributed by atoms with Gasteiger partial charge in [0.25, 0.3) is 0 Å². The third-order valence-electron chi connectivity index (χ3n) is 3.28. The number of hydrogen-bond acceptors (Lipinski definition) is 1. The van der Waals surface area contributed by atoms with E-state index in [9.17, 15) is 0 Å². The first-order chi connectivity index (χ1) is 9.26.